The summed E-state index contributed by atoms with van der Waals surface area (Å²) in [5.41, 5.74) is 0.886. The van der Waals surface area contributed by atoms with E-state index in [1.54, 1.807) is 12.1 Å². The summed E-state index contributed by atoms with van der Waals surface area (Å²) in [5.74, 6) is 0. The second kappa shape index (κ2) is 4.09. The zero-order valence-electron chi connectivity index (χ0n) is 7.72. The van der Waals surface area contributed by atoms with Gasteiger partial charge in [-0.2, -0.15) is 0 Å². The summed E-state index contributed by atoms with van der Waals surface area (Å²) in [4.78, 5) is 0.0897. The Bertz CT molecular complexity index is 434. The number of hydrogen-bond donors (Lipinski definition) is 0. The lowest BCUT2D eigenvalue weighted by molar-refractivity contribution is 0.0466. The van der Waals surface area contributed by atoms with Crippen molar-refractivity contribution in [3.8, 4) is 0 Å². The second-order valence-electron chi connectivity index (χ2n) is 3.15. The topological polar surface area (TPSA) is 52.6 Å². The molecule has 1 aliphatic heterocycles. The molecule has 0 amide bonds. The molecular formula is C9H9ClO4S. The van der Waals surface area contributed by atoms with E-state index in [1.165, 1.54) is 12.1 Å². The summed E-state index contributed by atoms with van der Waals surface area (Å²) in [6.07, 6.45) is -0.114. The van der Waals surface area contributed by atoms with Crippen molar-refractivity contribution >= 4 is 19.7 Å². The van der Waals surface area contributed by atoms with Gasteiger partial charge in [-0.25, -0.2) is 8.42 Å². The minimum Gasteiger partial charge on any atom is -0.352 e. The van der Waals surface area contributed by atoms with Crippen molar-refractivity contribution in [2.45, 2.75) is 11.0 Å². The first-order valence-electron chi connectivity index (χ1n) is 4.31. The van der Waals surface area contributed by atoms with Crippen molar-refractivity contribution in [1.29, 1.82) is 0 Å². The van der Waals surface area contributed by atoms with Crippen LogP contribution in [0.5, 0.6) is 0 Å². The number of halogens is 1. The van der Waals surface area contributed by atoms with Gasteiger partial charge in [0.2, 0.25) is 0 Å². The van der Waals surface area contributed by atoms with Crippen LogP contribution < -0.4 is 0 Å². The molecule has 0 spiro atoms. The highest BCUT2D eigenvalue weighted by Gasteiger charge is 2.19. The van der Waals surface area contributed by atoms with Crippen LogP contribution in [-0.4, -0.2) is 21.8 Å². The van der Waals surface area contributed by atoms with Crippen LogP contribution in [0.15, 0.2) is 29.2 Å². The maximum absolute atomic E-state index is 11.0. The van der Waals surface area contributed by atoms with E-state index in [2.05, 4.69) is 0 Å². The lowest BCUT2D eigenvalue weighted by atomic mass is 10.1. The average molecular weight is 249 g/mol. The highest BCUT2D eigenvalue weighted by atomic mass is 35.7. The van der Waals surface area contributed by atoms with Gasteiger partial charge in [-0.1, -0.05) is 12.1 Å². The minimum atomic E-state index is -3.64. The van der Waals surface area contributed by atoms with E-state index in [0.717, 1.165) is 5.56 Å². The van der Waals surface area contributed by atoms with Crippen molar-refractivity contribution in [3.63, 3.8) is 0 Å². The SMILES string of the molecule is O=S(=O)(Cl)c1ccc(C2COCO2)cc1. The van der Waals surface area contributed by atoms with Crippen LogP contribution in [-0.2, 0) is 18.5 Å². The maximum atomic E-state index is 11.0. The fourth-order valence-corrected chi connectivity index (χ4v) is 2.14. The van der Waals surface area contributed by atoms with E-state index in [9.17, 15) is 8.42 Å². The van der Waals surface area contributed by atoms with Crippen molar-refractivity contribution in [2.75, 3.05) is 13.4 Å². The predicted molar refractivity (Wildman–Crippen MR) is 54.1 cm³/mol. The van der Waals surface area contributed by atoms with Gasteiger partial charge in [-0.15, -0.1) is 0 Å². The lowest BCUT2D eigenvalue weighted by Crippen LogP contribution is -2.00. The number of benzene rings is 1. The van der Waals surface area contributed by atoms with Crippen molar-refractivity contribution in [1.82, 2.24) is 0 Å². The molecule has 0 aromatic heterocycles. The van der Waals surface area contributed by atoms with Crippen LogP contribution >= 0.6 is 10.7 Å². The summed E-state index contributed by atoms with van der Waals surface area (Å²) in [7, 11) is 1.54. The van der Waals surface area contributed by atoms with E-state index in [0.29, 0.717) is 6.61 Å². The van der Waals surface area contributed by atoms with Crippen LogP contribution in [0.3, 0.4) is 0 Å². The molecule has 1 aromatic carbocycles. The van der Waals surface area contributed by atoms with Gasteiger partial charge < -0.3 is 9.47 Å². The van der Waals surface area contributed by atoms with Crippen molar-refractivity contribution in [3.05, 3.63) is 29.8 Å². The molecule has 6 heteroatoms. The Morgan fingerprint density at radius 1 is 1.27 bits per heavy atom. The van der Waals surface area contributed by atoms with Gasteiger partial charge in [0.05, 0.1) is 11.5 Å². The summed E-state index contributed by atoms with van der Waals surface area (Å²) in [6, 6.07) is 6.27. The standard InChI is InChI=1S/C9H9ClO4S/c10-15(11,12)8-3-1-7(2-4-8)9-5-13-6-14-9/h1-4,9H,5-6H2. The predicted octanol–water partition coefficient (Wildman–Crippen LogP) is 1.66. The summed E-state index contributed by atoms with van der Waals surface area (Å²) in [5, 5.41) is 0. The highest BCUT2D eigenvalue weighted by molar-refractivity contribution is 8.13. The molecule has 0 aliphatic carbocycles. The minimum absolute atomic E-state index is 0.0897. The molecule has 1 aliphatic rings. The molecule has 1 unspecified atom stereocenters. The molecule has 4 nitrogen and oxygen atoms in total. The van der Waals surface area contributed by atoms with Crippen LogP contribution in [0.2, 0.25) is 0 Å². The van der Waals surface area contributed by atoms with E-state index < -0.39 is 9.05 Å². The smallest absolute Gasteiger partial charge is 0.261 e. The fourth-order valence-electron chi connectivity index (χ4n) is 1.37. The fraction of sp³-hybridized carbons (Fsp3) is 0.333. The molecule has 1 saturated heterocycles. The molecule has 1 fully saturated rings. The third-order valence-corrected chi connectivity index (χ3v) is 3.52. The van der Waals surface area contributed by atoms with Crippen molar-refractivity contribution < 1.29 is 17.9 Å². The van der Waals surface area contributed by atoms with E-state index >= 15 is 0 Å². The lowest BCUT2D eigenvalue weighted by Gasteiger charge is -2.07. The van der Waals surface area contributed by atoms with Gasteiger partial charge in [0.15, 0.2) is 0 Å². The largest absolute Gasteiger partial charge is 0.352 e. The highest BCUT2D eigenvalue weighted by Crippen LogP contribution is 2.24. The van der Waals surface area contributed by atoms with Gasteiger partial charge in [-0.3, -0.25) is 0 Å². The van der Waals surface area contributed by atoms with Gasteiger partial charge in [-0.05, 0) is 17.7 Å². The molecule has 0 N–H and O–H groups in total. The molecule has 0 radical (unpaired) electrons. The third-order valence-electron chi connectivity index (χ3n) is 2.16. The first kappa shape index (κ1) is 10.9. The zero-order valence-corrected chi connectivity index (χ0v) is 9.29. The Kier molecular flexibility index (Phi) is 2.97. The van der Waals surface area contributed by atoms with Crippen LogP contribution in [0.4, 0.5) is 0 Å². The molecule has 2 rings (SSSR count). The maximum Gasteiger partial charge on any atom is 0.261 e. The number of rotatable bonds is 2. The van der Waals surface area contributed by atoms with Gasteiger partial charge in [0, 0.05) is 10.7 Å². The summed E-state index contributed by atoms with van der Waals surface area (Å²) >= 11 is 0. The van der Waals surface area contributed by atoms with Crippen LogP contribution in [0, 0.1) is 0 Å². The zero-order chi connectivity index (χ0) is 10.9. The quantitative estimate of drug-likeness (QED) is 0.747. The normalized spacial score (nSPS) is 21.8. The van der Waals surface area contributed by atoms with Gasteiger partial charge in [0.1, 0.15) is 12.9 Å². The monoisotopic (exact) mass is 248 g/mol. The Morgan fingerprint density at radius 2 is 1.93 bits per heavy atom. The Balaban J connectivity index is 2.24. The molecule has 1 atom stereocenters. The van der Waals surface area contributed by atoms with E-state index in [1.807, 2.05) is 0 Å². The molecule has 1 heterocycles. The summed E-state index contributed by atoms with van der Waals surface area (Å²) in [6.45, 7) is 0.771. The van der Waals surface area contributed by atoms with E-state index in [-0.39, 0.29) is 17.8 Å². The first-order valence-corrected chi connectivity index (χ1v) is 6.62. The molecule has 82 valence electrons. The number of ether oxygens (including phenoxy) is 2. The Morgan fingerprint density at radius 3 is 2.40 bits per heavy atom. The Hall–Kier alpha value is -0.620. The molecular weight excluding hydrogens is 240 g/mol. The second-order valence-corrected chi connectivity index (χ2v) is 5.72. The molecule has 15 heavy (non-hydrogen) atoms. The molecule has 0 bridgehead atoms. The van der Waals surface area contributed by atoms with Crippen LogP contribution in [0.1, 0.15) is 11.7 Å². The van der Waals surface area contributed by atoms with Crippen molar-refractivity contribution in [2.24, 2.45) is 0 Å². The van der Waals surface area contributed by atoms with E-state index in [4.69, 9.17) is 20.2 Å². The number of hydrogen-bond acceptors (Lipinski definition) is 4. The third kappa shape index (κ3) is 2.49. The van der Waals surface area contributed by atoms with Gasteiger partial charge in [0.25, 0.3) is 9.05 Å². The average Bonchev–Trinajstić information content (AvgIpc) is 2.69. The molecule has 1 aromatic rings. The molecule has 0 saturated carbocycles. The van der Waals surface area contributed by atoms with Gasteiger partial charge >= 0.3 is 0 Å². The van der Waals surface area contributed by atoms with Crippen LogP contribution in [0.25, 0.3) is 0 Å². The first-order chi connectivity index (χ1) is 7.07. The summed E-state index contributed by atoms with van der Waals surface area (Å²) < 4.78 is 32.3. The Labute approximate surface area is 92.2 Å².